The molecule has 2 aromatic carbocycles. The second kappa shape index (κ2) is 9.12. The Bertz CT molecular complexity index is 947. The van der Waals surface area contributed by atoms with Gasteiger partial charge in [0.05, 0.1) is 16.9 Å². The predicted octanol–water partition coefficient (Wildman–Crippen LogP) is 4.35. The van der Waals surface area contributed by atoms with Gasteiger partial charge < -0.3 is 25.1 Å². The van der Waals surface area contributed by atoms with E-state index in [0.29, 0.717) is 5.47 Å². The van der Waals surface area contributed by atoms with E-state index in [2.05, 4.69) is 5.32 Å². The number of halogens is 1. The molecule has 1 fully saturated rings. The molecule has 8 heteroatoms. The lowest BCUT2D eigenvalue weighted by atomic mass is 9.77. The van der Waals surface area contributed by atoms with Gasteiger partial charge in [-0.2, -0.15) is 0 Å². The summed E-state index contributed by atoms with van der Waals surface area (Å²) in [4.78, 5) is 12.2. The Labute approximate surface area is 182 Å². The summed E-state index contributed by atoms with van der Waals surface area (Å²) in [6.07, 6.45) is 0.991. The van der Waals surface area contributed by atoms with E-state index in [4.69, 9.17) is 19.8 Å². The van der Waals surface area contributed by atoms with E-state index in [-0.39, 0.29) is 24.4 Å². The molecule has 0 atom stereocenters. The van der Waals surface area contributed by atoms with E-state index >= 15 is 0 Å². The van der Waals surface area contributed by atoms with E-state index in [0.717, 1.165) is 5.56 Å². The topological polar surface area (TPSA) is 82.8 Å². The minimum atomic E-state index is -0.764. The second-order valence-corrected chi connectivity index (χ2v) is 8.47. The Morgan fingerprint density at radius 1 is 1.10 bits per heavy atom. The van der Waals surface area contributed by atoms with Gasteiger partial charge in [-0.25, -0.2) is 9.18 Å². The lowest BCUT2D eigenvalue weighted by Gasteiger charge is -2.32. The van der Waals surface area contributed by atoms with Crippen molar-refractivity contribution in [2.45, 2.75) is 45.5 Å². The van der Waals surface area contributed by atoms with E-state index in [9.17, 15) is 9.18 Å². The highest BCUT2D eigenvalue weighted by atomic mass is 19.1. The first-order chi connectivity index (χ1) is 14.6. The van der Waals surface area contributed by atoms with Crippen LogP contribution in [-0.2, 0) is 20.7 Å². The number of anilines is 1. The van der Waals surface area contributed by atoms with Crippen LogP contribution in [0.5, 0.6) is 0 Å². The zero-order valence-electron chi connectivity index (χ0n) is 18.3. The molecule has 0 aliphatic carbocycles. The van der Waals surface area contributed by atoms with E-state index in [1.54, 1.807) is 18.2 Å². The van der Waals surface area contributed by atoms with Crippen LogP contribution >= 0.6 is 0 Å². The molecule has 31 heavy (non-hydrogen) atoms. The third-order valence-corrected chi connectivity index (χ3v) is 5.60. The SMILES string of the molecule is CC1(C)OB(C(=Cc2cccc(N)c2F)CNC(=O)OCc2ccccc2)OC1(C)C. The number of nitrogen functional groups attached to an aromatic ring is 1. The Balaban J connectivity index is 1.75. The molecule has 164 valence electrons. The van der Waals surface area contributed by atoms with Gasteiger partial charge in [-0.15, -0.1) is 0 Å². The summed E-state index contributed by atoms with van der Waals surface area (Å²) in [6, 6.07) is 14.1. The quantitative estimate of drug-likeness (QED) is 0.530. The van der Waals surface area contributed by atoms with E-state index < -0.39 is 30.2 Å². The number of nitrogens with two attached hydrogens (primary N) is 1. The van der Waals surface area contributed by atoms with Crippen molar-refractivity contribution in [3.05, 3.63) is 70.9 Å². The molecule has 1 heterocycles. The van der Waals surface area contributed by atoms with Crippen molar-refractivity contribution in [3.63, 3.8) is 0 Å². The number of ether oxygens (including phenoxy) is 1. The van der Waals surface area contributed by atoms with Gasteiger partial charge in [0, 0.05) is 12.1 Å². The molecule has 0 bridgehead atoms. The highest BCUT2D eigenvalue weighted by Gasteiger charge is 2.52. The first-order valence-corrected chi connectivity index (χ1v) is 10.1. The van der Waals surface area contributed by atoms with Crippen LogP contribution in [0.25, 0.3) is 6.08 Å². The minimum absolute atomic E-state index is 0.0391. The van der Waals surface area contributed by atoms with Crippen molar-refractivity contribution in [3.8, 4) is 0 Å². The van der Waals surface area contributed by atoms with Crippen LogP contribution in [0.2, 0.25) is 0 Å². The van der Waals surface area contributed by atoms with Crippen molar-refractivity contribution in [2.24, 2.45) is 0 Å². The van der Waals surface area contributed by atoms with Gasteiger partial charge in [0.2, 0.25) is 0 Å². The Morgan fingerprint density at radius 3 is 2.39 bits per heavy atom. The summed E-state index contributed by atoms with van der Waals surface area (Å²) in [5, 5.41) is 2.70. The number of amides is 1. The van der Waals surface area contributed by atoms with Crippen LogP contribution < -0.4 is 11.1 Å². The molecule has 1 aliphatic rings. The maximum absolute atomic E-state index is 14.5. The van der Waals surface area contributed by atoms with Gasteiger partial charge in [-0.05, 0) is 44.8 Å². The van der Waals surface area contributed by atoms with Crippen molar-refractivity contribution >= 4 is 25.0 Å². The third-order valence-electron chi connectivity index (χ3n) is 5.60. The zero-order valence-corrected chi connectivity index (χ0v) is 18.3. The van der Waals surface area contributed by atoms with E-state index in [1.165, 1.54) is 6.07 Å². The average Bonchev–Trinajstić information content (AvgIpc) is 2.94. The lowest BCUT2D eigenvalue weighted by molar-refractivity contribution is 0.00578. The fourth-order valence-corrected chi connectivity index (χ4v) is 3.02. The highest BCUT2D eigenvalue weighted by molar-refractivity contribution is 6.56. The number of nitrogens with one attached hydrogen (secondary N) is 1. The molecule has 0 aromatic heterocycles. The molecule has 3 N–H and O–H groups in total. The molecule has 2 aromatic rings. The number of rotatable bonds is 6. The van der Waals surface area contributed by atoms with Gasteiger partial charge in [0.1, 0.15) is 6.61 Å². The van der Waals surface area contributed by atoms with Gasteiger partial charge >= 0.3 is 13.2 Å². The number of alkyl carbamates (subject to hydrolysis) is 1. The zero-order chi connectivity index (χ0) is 22.6. The first-order valence-electron chi connectivity index (χ1n) is 10.1. The molecule has 0 unspecified atom stereocenters. The molecule has 1 amide bonds. The van der Waals surface area contributed by atoms with Crippen LogP contribution in [0.15, 0.2) is 54.0 Å². The molecule has 6 nitrogen and oxygen atoms in total. The summed E-state index contributed by atoms with van der Waals surface area (Å²) in [5.74, 6) is -0.539. The first kappa shape index (κ1) is 22.8. The summed E-state index contributed by atoms with van der Waals surface area (Å²) in [6.45, 7) is 7.89. The van der Waals surface area contributed by atoms with Gasteiger partial charge in [0.15, 0.2) is 5.82 Å². The Kier molecular flexibility index (Phi) is 6.72. The Morgan fingerprint density at radius 2 is 1.74 bits per heavy atom. The highest BCUT2D eigenvalue weighted by Crippen LogP contribution is 2.38. The van der Waals surface area contributed by atoms with Crippen LogP contribution in [0.3, 0.4) is 0 Å². The molecule has 0 saturated carbocycles. The lowest BCUT2D eigenvalue weighted by Crippen LogP contribution is -2.41. The number of carbonyl (C=O) groups is 1. The van der Waals surface area contributed by atoms with Crippen LogP contribution in [0.1, 0.15) is 38.8 Å². The molecule has 1 aliphatic heterocycles. The molecule has 0 spiro atoms. The maximum atomic E-state index is 14.5. The molecular weight excluding hydrogens is 398 g/mol. The van der Waals surface area contributed by atoms with Gasteiger partial charge in [0.25, 0.3) is 0 Å². The summed E-state index contributed by atoms with van der Waals surface area (Å²) >= 11 is 0. The second-order valence-electron chi connectivity index (χ2n) is 8.47. The minimum Gasteiger partial charge on any atom is -0.445 e. The predicted molar refractivity (Wildman–Crippen MR) is 120 cm³/mol. The third kappa shape index (κ3) is 5.45. The van der Waals surface area contributed by atoms with Gasteiger partial charge in [-0.1, -0.05) is 48.5 Å². The average molecular weight is 426 g/mol. The fourth-order valence-electron chi connectivity index (χ4n) is 3.02. The number of carbonyl (C=O) groups excluding carboxylic acids is 1. The van der Waals surface area contributed by atoms with Crippen molar-refractivity contribution in [1.82, 2.24) is 5.32 Å². The van der Waals surface area contributed by atoms with Crippen molar-refractivity contribution in [1.29, 1.82) is 0 Å². The summed E-state index contributed by atoms with van der Waals surface area (Å²) in [7, 11) is -0.764. The maximum Gasteiger partial charge on any atom is 0.492 e. The van der Waals surface area contributed by atoms with Crippen LogP contribution in [-0.4, -0.2) is 31.0 Å². The Hall–Kier alpha value is -2.84. The fraction of sp³-hybridized carbons (Fsp3) is 0.348. The summed E-state index contributed by atoms with van der Waals surface area (Å²) in [5.41, 5.74) is 6.27. The number of hydrogen-bond donors (Lipinski definition) is 2. The molecule has 1 saturated heterocycles. The van der Waals surface area contributed by atoms with Gasteiger partial charge in [-0.3, -0.25) is 0 Å². The number of benzene rings is 2. The monoisotopic (exact) mass is 426 g/mol. The van der Waals surface area contributed by atoms with Crippen molar-refractivity contribution in [2.75, 3.05) is 12.3 Å². The standard InChI is InChI=1S/C23H28BFN2O4/c1-22(2)23(3,4)31-24(30-22)18(13-17-11-8-12-19(26)20(17)25)14-27-21(28)29-15-16-9-6-5-7-10-16/h5-13H,14-15,26H2,1-4H3,(H,27,28). The summed E-state index contributed by atoms with van der Waals surface area (Å²) < 4.78 is 31.9. The van der Waals surface area contributed by atoms with Crippen molar-refractivity contribution < 1.29 is 23.2 Å². The van der Waals surface area contributed by atoms with Crippen LogP contribution in [0, 0.1) is 5.82 Å². The van der Waals surface area contributed by atoms with Crippen LogP contribution in [0.4, 0.5) is 14.9 Å². The molecule has 3 rings (SSSR count). The largest absolute Gasteiger partial charge is 0.492 e. The number of hydrogen-bond acceptors (Lipinski definition) is 5. The molecule has 0 radical (unpaired) electrons. The smallest absolute Gasteiger partial charge is 0.445 e. The normalized spacial score (nSPS) is 17.5. The molecular formula is C23H28BFN2O4. The van der Waals surface area contributed by atoms with E-state index in [1.807, 2.05) is 58.0 Å².